The molecule has 5 rings (SSSR count). The molecule has 6 nitrogen and oxygen atoms in total. The summed E-state index contributed by atoms with van der Waals surface area (Å²) < 4.78 is 7.32. The fraction of sp³-hybridized carbons (Fsp3) is 0.240. The van der Waals surface area contributed by atoms with E-state index in [0.29, 0.717) is 6.61 Å². The monoisotopic (exact) mass is 444 g/mol. The third-order valence-electron chi connectivity index (χ3n) is 5.54. The van der Waals surface area contributed by atoms with Crippen LogP contribution in [0.1, 0.15) is 24.5 Å². The van der Waals surface area contributed by atoms with Crippen LogP contribution in [0.5, 0.6) is 5.75 Å². The summed E-state index contributed by atoms with van der Waals surface area (Å²) >= 11 is 1.42. The second-order valence-corrected chi connectivity index (χ2v) is 8.69. The summed E-state index contributed by atoms with van der Waals surface area (Å²) in [6.45, 7) is 2.61. The molecule has 0 bridgehead atoms. The molecule has 0 radical (unpaired) electrons. The Morgan fingerprint density at radius 2 is 1.97 bits per heavy atom. The van der Waals surface area contributed by atoms with E-state index in [1.807, 2.05) is 49.5 Å². The van der Waals surface area contributed by atoms with Gasteiger partial charge in [-0.3, -0.25) is 4.79 Å². The maximum atomic E-state index is 12.5. The Bertz CT molecular complexity index is 1270. The maximum Gasteiger partial charge on any atom is 0.234 e. The number of ether oxygens (including phenoxy) is 1. The molecule has 0 spiro atoms. The highest BCUT2D eigenvalue weighted by atomic mass is 32.2. The molecule has 32 heavy (non-hydrogen) atoms. The van der Waals surface area contributed by atoms with Crippen molar-refractivity contribution >= 4 is 28.9 Å². The summed E-state index contributed by atoms with van der Waals surface area (Å²) in [6.07, 6.45) is 6.96. The van der Waals surface area contributed by atoms with Crippen LogP contribution in [-0.2, 0) is 17.6 Å². The summed E-state index contributed by atoms with van der Waals surface area (Å²) in [5.74, 6) is 1.09. The van der Waals surface area contributed by atoms with E-state index in [1.54, 1.807) is 10.7 Å². The zero-order valence-corrected chi connectivity index (χ0v) is 18.7. The van der Waals surface area contributed by atoms with Gasteiger partial charge in [-0.1, -0.05) is 17.8 Å². The first-order chi connectivity index (χ1) is 15.7. The van der Waals surface area contributed by atoms with Crippen LogP contribution in [0.4, 0.5) is 5.69 Å². The molecule has 1 aliphatic rings. The van der Waals surface area contributed by atoms with Crippen LogP contribution in [-0.4, -0.2) is 32.9 Å². The topological polar surface area (TPSA) is 68.5 Å². The van der Waals surface area contributed by atoms with Crippen molar-refractivity contribution < 1.29 is 9.53 Å². The van der Waals surface area contributed by atoms with Gasteiger partial charge in [-0.2, -0.15) is 5.10 Å². The Morgan fingerprint density at radius 1 is 1.12 bits per heavy atom. The number of hydrogen-bond donors (Lipinski definition) is 1. The van der Waals surface area contributed by atoms with Gasteiger partial charge in [0, 0.05) is 23.6 Å². The van der Waals surface area contributed by atoms with Gasteiger partial charge in [-0.25, -0.2) is 9.50 Å². The lowest BCUT2D eigenvalue weighted by molar-refractivity contribution is -0.113. The molecule has 0 atom stereocenters. The van der Waals surface area contributed by atoms with Crippen molar-refractivity contribution in [2.24, 2.45) is 0 Å². The van der Waals surface area contributed by atoms with Crippen LogP contribution in [0, 0.1) is 0 Å². The van der Waals surface area contributed by atoms with E-state index in [9.17, 15) is 4.79 Å². The lowest BCUT2D eigenvalue weighted by Gasteiger charge is -2.07. The van der Waals surface area contributed by atoms with Crippen LogP contribution in [0.15, 0.2) is 66.0 Å². The number of anilines is 1. The summed E-state index contributed by atoms with van der Waals surface area (Å²) in [6, 6.07) is 16.1. The number of carbonyl (C=O) groups excluding carboxylic acids is 1. The molecule has 0 fully saturated rings. The number of nitrogens with zero attached hydrogens (tertiary/aromatic N) is 3. The van der Waals surface area contributed by atoms with E-state index >= 15 is 0 Å². The normalized spacial score (nSPS) is 12.7. The zero-order chi connectivity index (χ0) is 21.9. The Balaban J connectivity index is 1.28. The van der Waals surface area contributed by atoms with Gasteiger partial charge in [-0.15, -0.1) is 0 Å². The molecular weight excluding hydrogens is 420 g/mol. The lowest BCUT2D eigenvalue weighted by atomic mass is 10.1. The van der Waals surface area contributed by atoms with Crippen LogP contribution >= 0.6 is 11.8 Å². The summed E-state index contributed by atoms with van der Waals surface area (Å²) in [5, 5.41) is 8.46. The Labute approximate surface area is 191 Å². The Morgan fingerprint density at radius 3 is 2.81 bits per heavy atom. The van der Waals surface area contributed by atoms with E-state index in [4.69, 9.17) is 4.74 Å². The predicted octanol–water partition coefficient (Wildman–Crippen LogP) is 5.01. The number of aromatic nitrogens is 3. The van der Waals surface area contributed by atoms with Crippen molar-refractivity contribution in [2.75, 3.05) is 17.7 Å². The first-order valence-corrected chi connectivity index (χ1v) is 11.8. The molecule has 2 heterocycles. The van der Waals surface area contributed by atoms with E-state index in [1.165, 1.54) is 29.3 Å². The second kappa shape index (κ2) is 9.04. The van der Waals surface area contributed by atoms with Crippen LogP contribution in [0.3, 0.4) is 0 Å². The van der Waals surface area contributed by atoms with Crippen LogP contribution in [0.2, 0.25) is 0 Å². The molecule has 1 amide bonds. The quantitative estimate of drug-likeness (QED) is 0.406. The van der Waals surface area contributed by atoms with Crippen molar-refractivity contribution in [1.29, 1.82) is 0 Å². The molecule has 1 N–H and O–H groups in total. The average Bonchev–Trinajstić information content (AvgIpc) is 3.45. The van der Waals surface area contributed by atoms with Crippen molar-refractivity contribution in [3.63, 3.8) is 0 Å². The van der Waals surface area contributed by atoms with Crippen molar-refractivity contribution in [3.8, 4) is 17.0 Å². The fourth-order valence-electron chi connectivity index (χ4n) is 4.02. The van der Waals surface area contributed by atoms with Gasteiger partial charge in [0.05, 0.1) is 23.6 Å². The van der Waals surface area contributed by atoms with Gasteiger partial charge in [0.2, 0.25) is 5.91 Å². The third-order valence-corrected chi connectivity index (χ3v) is 6.53. The second-order valence-electron chi connectivity index (χ2n) is 7.72. The number of fused-ring (bicyclic) bond motifs is 2. The summed E-state index contributed by atoms with van der Waals surface area (Å²) in [5.41, 5.74) is 6.35. The van der Waals surface area contributed by atoms with E-state index < -0.39 is 0 Å². The van der Waals surface area contributed by atoms with Gasteiger partial charge in [0.1, 0.15) is 10.8 Å². The van der Waals surface area contributed by atoms with Gasteiger partial charge in [0.15, 0.2) is 0 Å². The summed E-state index contributed by atoms with van der Waals surface area (Å²) in [7, 11) is 0. The van der Waals surface area contributed by atoms with Crippen molar-refractivity contribution in [3.05, 3.63) is 72.1 Å². The maximum absolute atomic E-state index is 12.5. The van der Waals surface area contributed by atoms with E-state index in [-0.39, 0.29) is 11.7 Å². The van der Waals surface area contributed by atoms with E-state index in [0.717, 1.165) is 46.1 Å². The predicted molar refractivity (Wildman–Crippen MR) is 127 cm³/mol. The standard InChI is InChI=1S/C25H24N4O2S/c1-2-31-21-10-7-18(8-11-21)22-15-23-25(26-12-13-29(23)28-22)32-16-24(30)27-20-9-6-17-4-3-5-19(17)14-20/h6-15H,2-5,16H2,1H3,(H,27,30). The Kier molecular flexibility index (Phi) is 5.81. The van der Waals surface area contributed by atoms with Gasteiger partial charge in [-0.05, 0) is 79.8 Å². The number of aryl methyl sites for hydroxylation is 2. The molecular formula is C25H24N4O2S. The molecule has 162 valence electrons. The fourth-order valence-corrected chi connectivity index (χ4v) is 4.80. The SMILES string of the molecule is CCOc1ccc(-c2cc3c(SCC(=O)Nc4ccc5c(c4)CCC5)nccn3n2)cc1. The van der Waals surface area contributed by atoms with Gasteiger partial charge >= 0.3 is 0 Å². The summed E-state index contributed by atoms with van der Waals surface area (Å²) in [4.78, 5) is 17.0. The van der Waals surface area contributed by atoms with Gasteiger partial charge < -0.3 is 10.1 Å². The highest BCUT2D eigenvalue weighted by Crippen LogP contribution is 2.28. The average molecular weight is 445 g/mol. The minimum atomic E-state index is -0.0389. The van der Waals surface area contributed by atoms with Crippen LogP contribution in [0.25, 0.3) is 16.8 Å². The van der Waals surface area contributed by atoms with Crippen molar-refractivity contribution in [1.82, 2.24) is 14.6 Å². The number of thioether (sulfide) groups is 1. The largest absolute Gasteiger partial charge is 0.494 e. The minimum absolute atomic E-state index is 0.0389. The molecule has 2 aromatic carbocycles. The lowest BCUT2D eigenvalue weighted by Crippen LogP contribution is -2.14. The molecule has 0 aliphatic heterocycles. The first kappa shape index (κ1) is 20.6. The molecule has 4 aromatic rings. The third kappa shape index (κ3) is 4.34. The number of carbonyl (C=O) groups is 1. The first-order valence-electron chi connectivity index (χ1n) is 10.8. The number of amides is 1. The number of nitrogens with one attached hydrogen (secondary N) is 1. The number of hydrogen-bond acceptors (Lipinski definition) is 5. The molecule has 2 aromatic heterocycles. The Hall–Kier alpha value is -3.32. The van der Waals surface area contributed by atoms with Gasteiger partial charge in [0.25, 0.3) is 0 Å². The van der Waals surface area contributed by atoms with Crippen LogP contribution < -0.4 is 10.1 Å². The molecule has 0 saturated heterocycles. The minimum Gasteiger partial charge on any atom is -0.494 e. The molecule has 0 unspecified atom stereocenters. The number of rotatable bonds is 7. The molecule has 7 heteroatoms. The van der Waals surface area contributed by atoms with E-state index in [2.05, 4.69) is 27.5 Å². The molecule has 0 saturated carbocycles. The molecule has 1 aliphatic carbocycles. The smallest absolute Gasteiger partial charge is 0.234 e. The van der Waals surface area contributed by atoms with Crippen molar-refractivity contribution in [2.45, 2.75) is 31.2 Å². The highest BCUT2D eigenvalue weighted by Gasteiger charge is 2.14. The zero-order valence-electron chi connectivity index (χ0n) is 17.9. The number of benzene rings is 2. The highest BCUT2D eigenvalue weighted by molar-refractivity contribution is 8.00.